The van der Waals surface area contributed by atoms with Crippen molar-refractivity contribution in [2.75, 3.05) is 13.2 Å². The van der Waals surface area contributed by atoms with Crippen LogP contribution in [0.2, 0.25) is 0 Å². The average Bonchev–Trinajstić information content (AvgIpc) is 2.58. The molecule has 1 saturated heterocycles. The quantitative estimate of drug-likeness (QED) is 0.551. The molecule has 0 amide bonds. The smallest absolute Gasteiger partial charge is 0.307 e. The van der Waals surface area contributed by atoms with Crippen LogP contribution in [0.25, 0.3) is 0 Å². The SMILES string of the molecule is O=C(O)C1CC(CO)=C2C(O)OCCC21. The molecule has 1 heterocycles. The standard InChI is InChI=1S/C10H14O5/c11-4-5-3-7(9(12)13)6-1-2-15-10(14)8(5)6/h6-7,10-11,14H,1-4H2,(H,12,13). The van der Waals surface area contributed by atoms with Gasteiger partial charge >= 0.3 is 5.97 Å². The van der Waals surface area contributed by atoms with E-state index < -0.39 is 18.2 Å². The van der Waals surface area contributed by atoms with Crippen LogP contribution in [0, 0.1) is 11.8 Å². The third kappa shape index (κ3) is 1.67. The van der Waals surface area contributed by atoms with Crippen LogP contribution in [0.5, 0.6) is 0 Å². The van der Waals surface area contributed by atoms with Crippen molar-refractivity contribution >= 4 is 5.97 Å². The first-order valence-electron chi connectivity index (χ1n) is 5.00. The Hall–Kier alpha value is -0.910. The average molecular weight is 214 g/mol. The number of hydrogen-bond donors (Lipinski definition) is 3. The van der Waals surface area contributed by atoms with Gasteiger partial charge in [-0.1, -0.05) is 0 Å². The van der Waals surface area contributed by atoms with E-state index in [2.05, 4.69) is 0 Å². The van der Waals surface area contributed by atoms with E-state index in [4.69, 9.17) is 14.9 Å². The van der Waals surface area contributed by atoms with Gasteiger partial charge in [0.25, 0.3) is 0 Å². The van der Waals surface area contributed by atoms with Crippen LogP contribution in [-0.2, 0) is 9.53 Å². The highest BCUT2D eigenvalue weighted by molar-refractivity contribution is 5.72. The molecular weight excluding hydrogens is 200 g/mol. The predicted molar refractivity (Wildman–Crippen MR) is 49.9 cm³/mol. The maximum atomic E-state index is 11.0. The fourth-order valence-electron chi connectivity index (χ4n) is 2.53. The maximum Gasteiger partial charge on any atom is 0.307 e. The Morgan fingerprint density at radius 2 is 2.27 bits per heavy atom. The number of aliphatic hydroxyl groups excluding tert-OH is 2. The summed E-state index contributed by atoms with van der Waals surface area (Å²) < 4.78 is 5.05. The first-order valence-corrected chi connectivity index (χ1v) is 5.00. The molecular formula is C10H14O5. The van der Waals surface area contributed by atoms with Crippen LogP contribution >= 0.6 is 0 Å². The van der Waals surface area contributed by atoms with Crippen molar-refractivity contribution in [3.05, 3.63) is 11.1 Å². The number of ether oxygens (including phenoxy) is 1. The van der Waals surface area contributed by atoms with Gasteiger partial charge in [0.2, 0.25) is 0 Å². The Bertz CT molecular complexity index is 309. The van der Waals surface area contributed by atoms with E-state index in [0.717, 1.165) is 0 Å². The molecule has 1 aliphatic carbocycles. The molecule has 0 aromatic rings. The minimum Gasteiger partial charge on any atom is -0.481 e. The van der Waals surface area contributed by atoms with Crippen molar-refractivity contribution < 1.29 is 24.9 Å². The molecule has 0 aromatic carbocycles. The Kier molecular flexibility index (Phi) is 2.77. The molecule has 1 fully saturated rings. The molecule has 84 valence electrons. The highest BCUT2D eigenvalue weighted by Crippen LogP contribution is 2.43. The van der Waals surface area contributed by atoms with Gasteiger partial charge in [0.05, 0.1) is 19.1 Å². The lowest BCUT2D eigenvalue weighted by Gasteiger charge is -2.28. The van der Waals surface area contributed by atoms with Crippen molar-refractivity contribution in [3.8, 4) is 0 Å². The molecule has 15 heavy (non-hydrogen) atoms. The molecule has 0 radical (unpaired) electrons. The summed E-state index contributed by atoms with van der Waals surface area (Å²) in [6.45, 7) is 0.174. The van der Waals surface area contributed by atoms with Gasteiger partial charge in [0.1, 0.15) is 0 Å². The summed E-state index contributed by atoms with van der Waals surface area (Å²) in [6, 6.07) is 0. The van der Waals surface area contributed by atoms with Crippen molar-refractivity contribution in [3.63, 3.8) is 0 Å². The maximum absolute atomic E-state index is 11.0. The van der Waals surface area contributed by atoms with Crippen LogP contribution in [0.1, 0.15) is 12.8 Å². The van der Waals surface area contributed by atoms with E-state index in [9.17, 15) is 9.90 Å². The predicted octanol–water partition coefficient (Wildman–Crippen LogP) is -0.265. The fraction of sp³-hybridized carbons (Fsp3) is 0.700. The molecule has 5 heteroatoms. The molecule has 0 bridgehead atoms. The van der Waals surface area contributed by atoms with Crippen molar-refractivity contribution in [1.29, 1.82) is 0 Å². The number of aliphatic carboxylic acids is 1. The first-order chi connectivity index (χ1) is 7.15. The summed E-state index contributed by atoms with van der Waals surface area (Å²) >= 11 is 0. The normalized spacial score (nSPS) is 35.5. The van der Waals surface area contributed by atoms with E-state index in [-0.39, 0.29) is 12.5 Å². The van der Waals surface area contributed by atoms with Crippen LogP contribution in [0.15, 0.2) is 11.1 Å². The number of aliphatic hydroxyl groups is 2. The number of carboxylic acid groups (broad SMARTS) is 1. The van der Waals surface area contributed by atoms with Gasteiger partial charge in [-0.2, -0.15) is 0 Å². The summed E-state index contributed by atoms with van der Waals surface area (Å²) in [6.07, 6.45) is -0.103. The molecule has 3 atom stereocenters. The highest BCUT2D eigenvalue weighted by Gasteiger charge is 2.43. The van der Waals surface area contributed by atoms with E-state index >= 15 is 0 Å². The van der Waals surface area contributed by atoms with Crippen molar-refractivity contribution in [1.82, 2.24) is 0 Å². The Balaban J connectivity index is 2.29. The second kappa shape index (κ2) is 3.92. The third-order valence-corrected chi connectivity index (χ3v) is 3.24. The fourth-order valence-corrected chi connectivity index (χ4v) is 2.53. The van der Waals surface area contributed by atoms with Gasteiger partial charge in [0, 0.05) is 5.92 Å². The number of fused-ring (bicyclic) bond motifs is 1. The zero-order chi connectivity index (χ0) is 11.0. The lowest BCUT2D eigenvalue weighted by molar-refractivity contribution is -0.145. The first kappa shape index (κ1) is 10.6. The number of carboxylic acids is 1. The summed E-state index contributed by atoms with van der Waals surface area (Å²) in [5.41, 5.74) is 1.22. The largest absolute Gasteiger partial charge is 0.481 e. The van der Waals surface area contributed by atoms with Gasteiger partial charge in [-0.15, -0.1) is 0 Å². The summed E-state index contributed by atoms with van der Waals surface area (Å²) in [5.74, 6) is -1.55. The second-order valence-corrected chi connectivity index (χ2v) is 3.98. The molecule has 0 aromatic heterocycles. The molecule has 0 saturated carbocycles. The zero-order valence-corrected chi connectivity index (χ0v) is 8.22. The summed E-state index contributed by atoms with van der Waals surface area (Å²) in [7, 11) is 0. The molecule has 3 unspecified atom stereocenters. The van der Waals surface area contributed by atoms with Gasteiger partial charge in [-0.05, 0) is 24.0 Å². The van der Waals surface area contributed by atoms with E-state index in [1.807, 2.05) is 0 Å². The molecule has 1 aliphatic heterocycles. The molecule has 3 N–H and O–H groups in total. The van der Waals surface area contributed by atoms with Gasteiger partial charge in [-0.25, -0.2) is 0 Å². The molecule has 0 spiro atoms. The van der Waals surface area contributed by atoms with Crippen LogP contribution in [0.4, 0.5) is 0 Å². The van der Waals surface area contributed by atoms with Crippen LogP contribution in [0.3, 0.4) is 0 Å². The minimum absolute atomic E-state index is 0.173. The zero-order valence-electron chi connectivity index (χ0n) is 8.22. The van der Waals surface area contributed by atoms with E-state index in [1.54, 1.807) is 0 Å². The van der Waals surface area contributed by atoms with E-state index in [1.165, 1.54) is 0 Å². The second-order valence-electron chi connectivity index (χ2n) is 3.98. The molecule has 2 rings (SSSR count). The van der Waals surface area contributed by atoms with Gasteiger partial charge in [0.15, 0.2) is 6.29 Å². The van der Waals surface area contributed by atoms with Crippen molar-refractivity contribution in [2.24, 2.45) is 11.8 Å². The van der Waals surface area contributed by atoms with Crippen LogP contribution in [-0.4, -0.2) is 40.8 Å². The minimum atomic E-state index is -1.03. The number of rotatable bonds is 2. The third-order valence-electron chi connectivity index (χ3n) is 3.24. The molecule has 5 nitrogen and oxygen atoms in total. The number of carbonyl (C=O) groups is 1. The topological polar surface area (TPSA) is 87.0 Å². The Labute approximate surface area is 87.0 Å². The Morgan fingerprint density at radius 1 is 1.53 bits per heavy atom. The lowest BCUT2D eigenvalue weighted by atomic mass is 9.87. The summed E-state index contributed by atoms with van der Waals surface area (Å²) in [4.78, 5) is 11.0. The van der Waals surface area contributed by atoms with Crippen molar-refractivity contribution in [2.45, 2.75) is 19.1 Å². The van der Waals surface area contributed by atoms with Gasteiger partial charge < -0.3 is 20.1 Å². The highest BCUT2D eigenvalue weighted by atomic mass is 16.6. The van der Waals surface area contributed by atoms with Gasteiger partial charge in [-0.3, -0.25) is 4.79 Å². The Morgan fingerprint density at radius 3 is 2.87 bits per heavy atom. The lowest BCUT2D eigenvalue weighted by Crippen LogP contribution is -2.32. The number of hydrogen-bond acceptors (Lipinski definition) is 4. The monoisotopic (exact) mass is 214 g/mol. The molecule has 2 aliphatic rings. The van der Waals surface area contributed by atoms with E-state index in [0.29, 0.717) is 30.6 Å². The van der Waals surface area contributed by atoms with Crippen LogP contribution < -0.4 is 0 Å². The summed E-state index contributed by atoms with van der Waals surface area (Å²) in [5, 5.41) is 27.7.